The number of amides is 1. The van der Waals surface area contributed by atoms with Crippen molar-refractivity contribution in [1.82, 2.24) is 9.88 Å². The summed E-state index contributed by atoms with van der Waals surface area (Å²) in [5.41, 5.74) is 0.632. The average molecular weight is 348 g/mol. The van der Waals surface area contributed by atoms with E-state index in [9.17, 15) is 4.79 Å². The van der Waals surface area contributed by atoms with E-state index in [0.29, 0.717) is 23.3 Å². The van der Waals surface area contributed by atoms with Crippen molar-refractivity contribution in [3.63, 3.8) is 0 Å². The van der Waals surface area contributed by atoms with Crippen molar-refractivity contribution < 1.29 is 9.53 Å². The number of thioether (sulfide) groups is 1. The molecule has 1 amide bonds. The van der Waals surface area contributed by atoms with Crippen LogP contribution >= 0.6 is 23.1 Å². The zero-order chi connectivity index (χ0) is 16.1. The molecule has 2 aromatic heterocycles. The molecule has 1 fully saturated rings. The minimum Gasteiger partial charge on any atom is -0.478 e. The van der Waals surface area contributed by atoms with Crippen LogP contribution in [0.15, 0.2) is 35.8 Å². The van der Waals surface area contributed by atoms with E-state index in [1.807, 2.05) is 23.6 Å². The largest absolute Gasteiger partial charge is 0.478 e. The number of ether oxygens (including phenoxy) is 1. The monoisotopic (exact) mass is 348 g/mol. The molecular weight excluding hydrogens is 328 g/mol. The number of aromatic nitrogens is 1. The van der Waals surface area contributed by atoms with Gasteiger partial charge in [0.05, 0.1) is 12.2 Å². The average Bonchev–Trinajstić information content (AvgIpc) is 3.00. The van der Waals surface area contributed by atoms with Gasteiger partial charge in [0, 0.05) is 41.2 Å². The van der Waals surface area contributed by atoms with Crippen LogP contribution in [-0.4, -0.2) is 41.2 Å². The van der Waals surface area contributed by atoms with E-state index >= 15 is 0 Å². The van der Waals surface area contributed by atoms with Gasteiger partial charge >= 0.3 is 0 Å². The first-order valence-electron chi connectivity index (χ1n) is 7.81. The van der Waals surface area contributed by atoms with Gasteiger partial charge in [-0.05, 0) is 30.9 Å². The molecule has 2 aromatic rings. The molecule has 1 unspecified atom stereocenters. The summed E-state index contributed by atoms with van der Waals surface area (Å²) in [6.07, 6.45) is 2.61. The molecule has 4 nitrogen and oxygen atoms in total. The second kappa shape index (κ2) is 7.84. The van der Waals surface area contributed by atoms with Crippen molar-refractivity contribution in [2.75, 3.05) is 25.4 Å². The van der Waals surface area contributed by atoms with Gasteiger partial charge in [0.2, 0.25) is 5.88 Å². The first-order valence-corrected chi connectivity index (χ1v) is 9.74. The standard InChI is InChI=1S/C17H20N2O2S2/c1-2-21-16-6-5-13(12-18-16)17(20)19-8-7-15(23-11-9-19)14-4-3-10-22-14/h3-6,10,12,15H,2,7-9,11H2,1H3. The van der Waals surface area contributed by atoms with E-state index in [4.69, 9.17) is 4.74 Å². The highest BCUT2D eigenvalue weighted by Gasteiger charge is 2.23. The SMILES string of the molecule is CCOc1ccc(C(=O)N2CCSC(c3cccs3)CC2)cn1. The molecule has 1 saturated heterocycles. The number of rotatable bonds is 4. The number of thiophene rings is 1. The Morgan fingerprint density at radius 2 is 2.30 bits per heavy atom. The molecule has 1 aliphatic rings. The number of nitrogens with zero attached hydrogens (tertiary/aromatic N) is 2. The minimum atomic E-state index is 0.0629. The number of hydrogen-bond acceptors (Lipinski definition) is 5. The third-order valence-electron chi connectivity index (χ3n) is 3.76. The van der Waals surface area contributed by atoms with E-state index < -0.39 is 0 Å². The molecule has 122 valence electrons. The summed E-state index contributed by atoms with van der Waals surface area (Å²) in [5, 5.41) is 2.63. The number of hydrogen-bond donors (Lipinski definition) is 0. The van der Waals surface area contributed by atoms with Gasteiger partial charge in [0.25, 0.3) is 5.91 Å². The first-order chi connectivity index (χ1) is 11.3. The van der Waals surface area contributed by atoms with Crippen LogP contribution in [0.5, 0.6) is 5.88 Å². The summed E-state index contributed by atoms with van der Waals surface area (Å²) in [6.45, 7) is 4.08. The summed E-state index contributed by atoms with van der Waals surface area (Å²) < 4.78 is 5.32. The van der Waals surface area contributed by atoms with Gasteiger partial charge in [-0.25, -0.2) is 4.98 Å². The maximum atomic E-state index is 12.7. The van der Waals surface area contributed by atoms with Gasteiger partial charge in [-0.2, -0.15) is 11.8 Å². The quantitative estimate of drug-likeness (QED) is 0.841. The molecule has 1 aliphatic heterocycles. The number of carbonyl (C=O) groups excluding carboxylic acids is 1. The molecule has 23 heavy (non-hydrogen) atoms. The number of pyridine rings is 1. The first kappa shape index (κ1) is 16.3. The van der Waals surface area contributed by atoms with Gasteiger partial charge in [-0.15, -0.1) is 11.3 Å². The van der Waals surface area contributed by atoms with E-state index in [2.05, 4.69) is 22.5 Å². The van der Waals surface area contributed by atoms with Crippen LogP contribution in [0.1, 0.15) is 33.8 Å². The fraction of sp³-hybridized carbons (Fsp3) is 0.412. The Labute approximate surface area is 144 Å². The Hall–Kier alpha value is -1.53. The summed E-state index contributed by atoms with van der Waals surface area (Å²) in [7, 11) is 0. The molecule has 0 aliphatic carbocycles. The molecule has 0 bridgehead atoms. The lowest BCUT2D eigenvalue weighted by Gasteiger charge is -2.20. The molecule has 0 radical (unpaired) electrons. The van der Waals surface area contributed by atoms with Crippen LogP contribution in [0.25, 0.3) is 0 Å². The summed E-state index contributed by atoms with van der Waals surface area (Å²) >= 11 is 3.75. The topological polar surface area (TPSA) is 42.4 Å². The van der Waals surface area contributed by atoms with Crippen molar-refractivity contribution in [3.8, 4) is 5.88 Å². The molecule has 0 saturated carbocycles. The van der Waals surface area contributed by atoms with E-state index in [-0.39, 0.29) is 5.91 Å². The lowest BCUT2D eigenvalue weighted by molar-refractivity contribution is 0.0766. The van der Waals surface area contributed by atoms with Gasteiger partial charge < -0.3 is 9.64 Å². The normalized spacial score (nSPS) is 18.5. The molecule has 3 heterocycles. The fourth-order valence-corrected chi connectivity index (χ4v) is 4.84. The molecule has 0 N–H and O–H groups in total. The lowest BCUT2D eigenvalue weighted by Crippen LogP contribution is -2.33. The molecular formula is C17H20N2O2S2. The van der Waals surface area contributed by atoms with Crippen LogP contribution in [0.4, 0.5) is 0 Å². The highest BCUT2D eigenvalue weighted by molar-refractivity contribution is 7.99. The Kier molecular flexibility index (Phi) is 5.56. The van der Waals surface area contributed by atoms with Crippen molar-refractivity contribution >= 4 is 29.0 Å². The number of carbonyl (C=O) groups is 1. The van der Waals surface area contributed by atoms with Crippen molar-refractivity contribution in [1.29, 1.82) is 0 Å². The molecule has 6 heteroatoms. The Morgan fingerprint density at radius 1 is 1.39 bits per heavy atom. The molecule has 0 spiro atoms. The van der Waals surface area contributed by atoms with Crippen LogP contribution in [0, 0.1) is 0 Å². The third kappa shape index (κ3) is 4.06. The van der Waals surface area contributed by atoms with Crippen LogP contribution in [0.3, 0.4) is 0 Å². The summed E-state index contributed by atoms with van der Waals surface area (Å²) in [5.74, 6) is 1.60. The fourth-order valence-electron chi connectivity index (χ4n) is 2.60. The van der Waals surface area contributed by atoms with Gasteiger partial charge in [0.1, 0.15) is 0 Å². The van der Waals surface area contributed by atoms with Crippen LogP contribution in [0.2, 0.25) is 0 Å². The zero-order valence-corrected chi connectivity index (χ0v) is 14.7. The van der Waals surface area contributed by atoms with Crippen LogP contribution < -0.4 is 4.74 Å². The van der Waals surface area contributed by atoms with Gasteiger partial charge in [-0.3, -0.25) is 4.79 Å². The Balaban J connectivity index is 1.63. The third-order valence-corrected chi connectivity index (χ3v) is 6.21. The van der Waals surface area contributed by atoms with Gasteiger partial charge in [-0.1, -0.05) is 6.07 Å². The second-order valence-corrected chi connectivity index (χ2v) is 7.56. The minimum absolute atomic E-state index is 0.0629. The lowest BCUT2D eigenvalue weighted by atomic mass is 10.2. The smallest absolute Gasteiger partial charge is 0.255 e. The highest BCUT2D eigenvalue weighted by atomic mass is 32.2. The summed E-state index contributed by atoms with van der Waals surface area (Å²) in [4.78, 5) is 20.2. The van der Waals surface area contributed by atoms with Gasteiger partial charge in [0.15, 0.2) is 0 Å². The Bertz CT molecular complexity index is 629. The predicted molar refractivity (Wildman–Crippen MR) is 95.4 cm³/mol. The molecule has 3 rings (SSSR count). The Morgan fingerprint density at radius 3 is 3.00 bits per heavy atom. The zero-order valence-electron chi connectivity index (χ0n) is 13.1. The maximum absolute atomic E-state index is 12.7. The highest BCUT2D eigenvalue weighted by Crippen LogP contribution is 2.36. The predicted octanol–water partition coefficient (Wildman–Crippen LogP) is 3.86. The van der Waals surface area contributed by atoms with E-state index in [1.165, 1.54) is 4.88 Å². The van der Waals surface area contributed by atoms with Crippen molar-refractivity contribution in [2.24, 2.45) is 0 Å². The second-order valence-electron chi connectivity index (χ2n) is 5.27. The van der Waals surface area contributed by atoms with Crippen molar-refractivity contribution in [3.05, 3.63) is 46.3 Å². The molecule has 0 aromatic carbocycles. The maximum Gasteiger partial charge on any atom is 0.255 e. The van der Waals surface area contributed by atoms with Crippen LogP contribution in [-0.2, 0) is 0 Å². The van der Waals surface area contributed by atoms with Crippen molar-refractivity contribution in [2.45, 2.75) is 18.6 Å². The van der Waals surface area contributed by atoms with E-state index in [0.717, 1.165) is 25.3 Å². The van der Waals surface area contributed by atoms with E-state index in [1.54, 1.807) is 29.7 Å². The molecule has 1 atom stereocenters. The summed E-state index contributed by atoms with van der Waals surface area (Å²) in [6, 6.07) is 7.85.